The number of amides is 1. The van der Waals surface area contributed by atoms with Gasteiger partial charge in [-0.25, -0.2) is 4.39 Å². The van der Waals surface area contributed by atoms with Gasteiger partial charge in [0.15, 0.2) is 0 Å². The summed E-state index contributed by atoms with van der Waals surface area (Å²) in [4.78, 5) is 20.5. The minimum Gasteiger partial charge on any atom is -0.492 e. The molecule has 4 aromatic carbocycles. The van der Waals surface area contributed by atoms with Crippen molar-refractivity contribution in [1.29, 1.82) is 0 Å². The molecule has 0 bridgehead atoms. The molecule has 2 saturated heterocycles. The fraction of sp³-hybridized carbons (Fsp3) is 0.359. The van der Waals surface area contributed by atoms with Gasteiger partial charge in [0.05, 0.1) is 0 Å². The molecule has 1 amide bonds. The molecule has 2 fully saturated rings. The number of hydrogen-bond donors (Lipinski definition) is 2. The molecule has 0 aromatic heterocycles. The number of halogens is 1. The quantitative estimate of drug-likeness (QED) is 0.217. The Labute approximate surface area is 278 Å². The lowest BCUT2D eigenvalue weighted by Crippen LogP contribution is -2.48. The summed E-state index contributed by atoms with van der Waals surface area (Å²) in [6, 6.07) is 31.5. The predicted octanol–water partition coefficient (Wildman–Crippen LogP) is 5.41. The summed E-state index contributed by atoms with van der Waals surface area (Å²) in [5.41, 5.74) is 5.20. The van der Waals surface area contributed by atoms with Crippen molar-refractivity contribution in [3.05, 3.63) is 125 Å². The van der Waals surface area contributed by atoms with Gasteiger partial charge in [0.25, 0.3) is 5.91 Å². The van der Waals surface area contributed by atoms with E-state index in [0.29, 0.717) is 30.3 Å². The second-order valence-corrected chi connectivity index (χ2v) is 12.8. The fourth-order valence-electron chi connectivity index (χ4n) is 6.49. The van der Waals surface area contributed by atoms with E-state index in [-0.39, 0.29) is 11.7 Å². The molecular weight excluding hydrogens is 589 g/mol. The molecule has 2 heterocycles. The summed E-state index contributed by atoms with van der Waals surface area (Å²) >= 11 is 0. The molecule has 4 aromatic rings. The summed E-state index contributed by atoms with van der Waals surface area (Å²) in [6.45, 7) is 12.7. The molecule has 2 aliphatic rings. The second kappa shape index (κ2) is 16.2. The third kappa shape index (κ3) is 9.49. The lowest BCUT2D eigenvalue weighted by Gasteiger charge is -2.34. The van der Waals surface area contributed by atoms with E-state index in [0.717, 1.165) is 87.9 Å². The first-order chi connectivity index (χ1) is 23.0. The standard InChI is InChI=1S/C39H46FN5O2/c1-30-27-45(16-15-41-30)29-32-7-5-9-34(23-32)37-25-31(13-14-38(37)40)26-42-39(46)35-10-6-8-33(24-35)28-44-19-17-43(18-20-44)21-22-47-36-11-3-2-4-12-36/h2-14,23-25,30,41H,15-22,26-29H2,1H3,(H,42,46)/t30-/m0/s1. The van der Waals surface area contributed by atoms with Crippen LogP contribution in [0.15, 0.2) is 97.1 Å². The fourth-order valence-corrected chi connectivity index (χ4v) is 6.49. The van der Waals surface area contributed by atoms with E-state index in [9.17, 15) is 4.79 Å². The largest absolute Gasteiger partial charge is 0.492 e. The van der Waals surface area contributed by atoms with E-state index in [1.807, 2.05) is 66.7 Å². The van der Waals surface area contributed by atoms with Crippen molar-refractivity contribution in [3.63, 3.8) is 0 Å². The Hall–Kier alpha value is -4.08. The van der Waals surface area contributed by atoms with Crippen LogP contribution in [-0.2, 0) is 19.6 Å². The molecule has 2 N–H and O–H groups in total. The number of para-hydroxylation sites is 1. The van der Waals surface area contributed by atoms with Crippen LogP contribution in [0.2, 0.25) is 0 Å². The van der Waals surface area contributed by atoms with Crippen LogP contribution in [0.4, 0.5) is 4.39 Å². The van der Waals surface area contributed by atoms with Gasteiger partial charge in [-0.2, -0.15) is 0 Å². The Kier molecular flexibility index (Phi) is 11.3. The van der Waals surface area contributed by atoms with Crippen molar-refractivity contribution in [2.24, 2.45) is 0 Å². The van der Waals surface area contributed by atoms with Crippen LogP contribution in [0.1, 0.15) is 34.0 Å². The molecule has 0 aliphatic carbocycles. The molecule has 8 heteroatoms. The summed E-state index contributed by atoms with van der Waals surface area (Å²) in [7, 11) is 0. The highest BCUT2D eigenvalue weighted by molar-refractivity contribution is 5.94. The van der Waals surface area contributed by atoms with Gasteiger partial charge in [0.2, 0.25) is 0 Å². The Balaban J connectivity index is 0.988. The van der Waals surface area contributed by atoms with Crippen LogP contribution in [0.3, 0.4) is 0 Å². The first-order valence-electron chi connectivity index (χ1n) is 16.8. The van der Waals surface area contributed by atoms with Gasteiger partial charge < -0.3 is 15.4 Å². The highest BCUT2D eigenvalue weighted by Gasteiger charge is 2.18. The SMILES string of the molecule is C[C@H]1CN(Cc2cccc(-c3cc(CNC(=O)c4cccc(CN5CCN(CCOc6ccccc6)CC5)c4)ccc3F)c2)CCN1. The zero-order chi connectivity index (χ0) is 32.4. The van der Waals surface area contributed by atoms with Gasteiger partial charge in [0.1, 0.15) is 18.2 Å². The number of ether oxygens (including phenoxy) is 1. The smallest absolute Gasteiger partial charge is 0.251 e. The van der Waals surface area contributed by atoms with Crippen LogP contribution in [0, 0.1) is 5.82 Å². The molecule has 0 spiro atoms. The maximum absolute atomic E-state index is 15.0. The molecule has 6 rings (SSSR count). The van der Waals surface area contributed by atoms with Crippen molar-refractivity contribution in [2.45, 2.75) is 32.6 Å². The van der Waals surface area contributed by atoms with Crippen LogP contribution >= 0.6 is 0 Å². The van der Waals surface area contributed by atoms with Crippen molar-refractivity contribution in [3.8, 4) is 16.9 Å². The number of nitrogens with zero attached hydrogens (tertiary/aromatic N) is 3. The van der Waals surface area contributed by atoms with E-state index < -0.39 is 0 Å². The van der Waals surface area contributed by atoms with Gasteiger partial charge in [-0.15, -0.1) is 0 Å². The maximum atomic E-state index is 15.0. The van der Waals surface area contributed by atoms with Crippen LogP contribution in [0.5, 0.6) is 5.75 Å². The Bertz CT molecular complexity index is 1610. The molecule has 1 atom stereocenters. The zero-order valence-corrected chi connectivity index (χ0v) is 27.3. The number of carbonyl (C=O) groups excluding carboxylic acids is 1. The van der Waals surface area contributed by atoms with Crippen molar-refractivity contribution < 1.29 is 13.9 Å². The zero-order valence-electron chi connectivity index (χ0n) is 27.3. The van der Waals surface area contributed by atoms with Gasteiger partial charge >= 0.3 is 0 Å². The van der Waals surface area contributed by atoms with Crippen molar-refractivity contribution >= 4 is 5.91 Å². The lowest BCUT2D eigenvalue weighted by molar-refractivity contribution is 0.0950. The van der Waals surface area contributed by atoms with E-state index in [1.165, 1.54) is 11.6 Å². The molecule has 2 aliphatic heterocycles. The van der Waals surface area contributed by atoms with Gasteiger partial charge in [-0.3, -0.25) is 19.5 Å². The molecular formula is C39H46FN5O2. The number of benzene rings is 4. The van der Waals surface area contributed by atoms with E-state index >= 15 is 4.39 Å². The predicted molar refractivity (Wildman–Crippen MR) is 186 cm³/mol. The molecule has 7 nitrogen and oxygen atoms in total. The highest BCUT2D eigenvalue weighted by atomic mass is 19.1. The number of piperazine rings is 2. The Morgan fingerprint density at radius 1 is 0.809 bits per heavy atom. The third-order valence-electron chi connectivity index (χ3n) is 9.06. The summed E-state index contributed by atoms with van der Waals surface area (Å²) in [5.74, 6) is 0.519. The number of carbonyl (C=O) groups is 1. The van der Waals surface area contributed by atoms with Gasteiger partial charge in [-0.1, -0.05) is 54.6 Å². The van der Waals surface area contributed by atoms with Crippen molar-refractivity contribution in [2.75, 3.05) is 59.0 Å². The molecule has 0 saturated carbocycles. The van der Waals surface area contributed by atoms with Crippen molar-refractivity contribution in [1.82, 2.24) is 25.3 Å². The summed E-state index contributed by atoms with van der Waals surface area (Å²) in [5, 5.41) is 6.53. The van der Waals surface area contributed by atoms with E-state index in [1.54, 1.807) is 6.07 Å². The Morgan fingerprint density at radius 2 is 1.55 bits per heavy atom. The molecule has 47 heavy (non-hydrogen) atoms. The average Bonchev–Trinajstić information content (AvgIpc) is 3.09. The first-order valence-corrected chi connectivity index (χ1v) is 16.8. The summed E-state index contributed by atoms with van der Waals surface area (Å²) < 4.78 is 20.9. The second-order valence-electron chi connectivity index (χ2n) is 12.8. The first kappa shape index (κ1) is 32.8. The molecule has 0 unspecified atom stereocenters. The Morgan fingerprint density at radius 3 is 2.36 bits per heavy atom. The summed E-state index contributed by atoms with van der Waals surface area (Å²) in [6.07, 6.45) is 0. The third-order valence-corrected chi connectivity index (χ3v) is 9.06. The highest BCUT2D eigenvalue weighted by Crippen LogP contribution is 2.26. The monoisotopic (exact) mass is 635 g/mol. The normalized spacial score (nSPS) is 17.8. The molecule has 0 radical (unpaired) electrons. The number of rotatable bonds is 12. The van der Waals surface area contributed by atoms with Gasteiger partial charge in [0, 0.05) is 89.2 Å². The average molecular weight is 636 g/mol. The topological polar surface area (TPSA) is 60.1 Å². The maximum Gasteiger partial charge on any atom is 0.251 e. The number of hydrogen-bond acceptors (Lipinski definition) is 6. The van der Waals surface area contributed by atoms with Crippen LogP contribution in [-0.4, -0.2) is 85.6 Å². The minimum atomic E-state index is -0.262. The van der Waals surface area contributed by atoms with E-state index in [2.05, 4.69) is 50.5 Å². The van der Waals surface area contributed by atoms with E-state index in [4.69, 9.17) is 4.74 Å². The van der Waals surface area contributed by atoms with Gasteiger partial charge in [-0.05, 0) is 71.6 Å². The lowest BCUT2D eigenvalue weighted by atomic mass is 10.00. The number of nitrogens with one attached hydrogen (secondary N) is 2. The molecule has 246 valence electrons. The van der Waals surface area contributed by atoms with Crippen LogP contribution < -0.4 is 15.4 Å². The minimum absolute atomic E-state index is 0.131. The van der Waals surface area contributed by atoms with Crippen LogP contribution in [0.25, 0.3) is 11.1 Å².